The molecule has 7 nitrogen and oxygen atoms in total. The Morgan fingerprint density at radius 3 is 2.60 bits per heavy atom. The first kappa shape index (κ1) is 18.3. The van der Waals surface area contributed by atoms with E-state index in [4.69, 9.17) is 9.84 Å². The zero-order chi connectivity index (χ0) is 18.6. The molecule has 0 unspecified atom stereocenters. The minimum Gasteiger partial charge on any atom is -0.482 e. The normalized spacial score (nSPS) is 11.2. The van der Waals surface area contributed by atoms with Crippen molar-refractivity contribution < 1.29 is 32.6 Å². The first-order valence-corrected chi connectivity index (χ1v) is 7.01. The van der Waals surface area contributed by atoms with Gasteiger partial charge < -0.3 is 15.2 Å². The topological polar surface area (TPSA) is 93.5 Å². The van der Waals surface area contributed by atoms with Crippen LogP contribution in [0.15, 0.2) is 30.5 Å². The molecule has 2 rings (SSSR count). The maximum atomic E-state index is 12.5. The Kier molecular flexibility index (Phi) is 5.30. The second-order valence-electron chi connectivity index (χ2n) is 5.10. The Labute approximate surface area is 140 Å². The monoisotopic (exact) mass is 357 g/mol. The van der Waals surface area contributed by atoms with E-state index in [0.717, 1.165) is 16.9 Å². The number of rotatable bonds is 6. The van der Waals surface area contributed by atoms with E-state index < -0.39 is 30.4 Å². The fourth-order valence-electron chi connectivity index (χ4n) is 1.95. The predicted octanol–water partition coefficient (Wildman–Crippen LogP) is 2.31. The number of hydrogen-bond donors (Lipinski definition) is 2. The molecule has 2 N–H and O–H groups in total. The number of hydrogen-bond acceptors (Lipinski definition) is 4. The van der Waals surface area contributed by atoms with E-state index in [2.05, 4.69) is 10.4 Å². The number of nitrogens with zero attached hydrogens (tertiary/aromatic N) is 2. The zero-order valence-corrected chi connectivity index (χ0v) is 13.0. The predicted molar refractivity (Wildman–Crippen MR) is 80.2 cm³/mol. The molecule has 0 aliphatic heterocycles. The molecule has 1 aromatic heterocycles. The van der Waals surface area contributed by atoms with E-state index in [1.807, 2.05) is 0 Å². The van der Waals surface area contributed by atoms with Gasteiger partial charge >= 0.3 is 12.1 Å². The molecule has 134 valence electrons. The maximum Gasteiger partial charge on any atom is 0.435 e. The number of aromatic nitrogens is 2. The molecule has 0 fully saturated rings. The largest absolute Gasteiger partial charge is 0.482 e. The maximum absolute atomic E-state index is 12.5. The zero-order valence-electron chi connectivity index (χ0n) is 13.0. The fourth-order valence-corrected chi connectivity index (χ4v) is 1.95. The van der Waals surface area contributed by atoms with Crippen LogP contribution in [-0.2, 0) is 22.3 Å². The number of carbonyl (C=O) groups is 2. The molecular weight excluding hydrogens is 343 g/mol. The van der Waals surface area contributed by atoms with Crippen LogP contribution in [0.2, 0.25) is 0 Å². The number of carboxylic acid groups (broad SMARTS) is 1. The average Bonchev–Trinajstić information content (AvgIpc) is 2.96. The number of alkyl halides is 3. The number of benzene rings is 1. The van der Waals surface area contributed by atoms with Crippen molar-refractivity contribution in [2.75, 3.05) is 11.9 Å². The van der Waals surface area contributed by atoms with Gasteiger partial charge in [-0.3, -0.25) is 9.48 Å². The molecular formula is C15H14F3N3O4. The van der Waals surface area contributed by atoms with Gasteiger partial charge in [0.1, 0.15) is 12.3 Å². The number of ether oxygens (including phenoxy) is 1. The minimum atomic E-state index is -4.57. The van der Waals surface area contributed by atoms with Gasteiger partial charge in [0, 0.05) is 11.9 Å². The smallest absolute Gasteiger partial charge is 0.435 e. The highest BCUT2D eigenvalue weighted by atomic mass is 19.4. The molecule has 25 heavy (non-hydrogen) atoms. The molecule has 1 aromatic carbocycles. The Morgan fingerprint density at radius 2 is 2.04 bits per heavy atom. The van der Waals surface area contributed by atoms with Crippen molar-refractivity contribution in [2.24, 2.45) is 0 Å². The quantitative estimate of drug-likeness (QED) is 0.828. The number of amides is 1. The van der Waals surface area contributed by atoms with E-state index in [9.17, 15) is 22.8 Å². The van der Waals surface area contributed by atoms with E-state index in [1.54, 1.807) is 6.92 Å². The van der Waals surface area contributed by atoms with Crippen molar-refractivity contribution in [1.82, 2.24) is 9.78 Å². The number of nitrogens with one attached hydrogen (secondary N) is 1. The van der Waals surface area contributed by atoms with Crippen LogP contribution in [-0.4, -0.2) is 33.4 Å². The van der Waals surface area contributed by atoms with Gasteiger partial charge in [-0.05, 0) is 36.8 Å². The lowest BCUT2D eigenvalue weighted by atomic mass is 10.2. The highest BCUT2D eigenvalue weighted by molar-refractivity contribution is 5.91. The van der Waals surface area contributed by atoms with Gasteiger partial charge in [0.15, 0.2) is 12.3 Å². The number of aliphatic carboxylic acids is 1. The van der Waals surface area contributed by atoms with Gasteiger partial charge in [-0.1, -0.05) is 0 Å². The standard InChI is InChI=1S/C15H14F3N3O4/c1-9-6-10(25-8-14(23)24)2-3-11(9)19-13(22)7-21-5-4-12(20-21)15(16,17)18/h2-6H,7-8H2,1H3,(H,19,22)(H,23,24). The molecule has 0 radical (unpaired) electrons. The van der Waals surface area contributed by atoms with Crippen LogP contribution < -0.4 is 10.1 Å². The molecule has 10 heteroatoms. The van der Waals surface area contributed by atoms with Crippen LogP contribution in [0.1, 0.15) is 11.3 Å². The second-order valence-corrected chi connectivity index (χ2v) is 5.10. The molecule has 1 heterocycles. The molecule has 0 spiro atoms. The lowest BCUT2D eigenvalue weighted by Gasteiger charge is -2.11. The van der Waals surface area contributed by atoms with Crippen molar-refractivity contribution in [1.29, 1.82) is 0 Å². The lowest BCUT2D eigenvalue weighted by Crippen LogP contribution is -2.20. The van der Waals surface area contributed by atoms with E-state index in [1.165, 1.54) is 18.2 Å². The van der Waals surface area contributed by atoms with Crippen LogP contribution in [0, 0.1) is 6.92 Å². The molecule has 0 saturated carbocycles. The summed E-state index contributed by atoms with van der Waals surface area (Å²) in [4.78, 5) is 22.4. The Bertz CT molecular complexity index is 787. The van der Waals surface area contributed by atoms with Crippen LogP contribution in [0.3, 0.4) is 0 Å². The van der Waals surface area contributed by atoms with Gasteiger partial charge in [-0.25, -0.2) is 4.79 Å². The summed E-state index contributed by atoms with van der Waals surface area (Å²) in [5.41, 5.74) is -0.0417. The Morgan fingerprint density at radius 1 is 1.32 bits per heavy atom. The van der Waals surface area contributed by atoms with Crippen molar-refractivity contribution >= 4 is 17.6 Å². The highest BCUT2D eigenvalue weighted by Gasteiger charge is 2.33. The minimum absolute atomic E-state index is 0.319. The summed E-state index contributed by atoms with van der Waals surface area (Å²) in [6.07, 6.45) is -3.50. The Balaban J connectivity index is 1.98. The van der Waals surface area contributed by atoms with Crippen molar-refractivity contribution in [2.45, 2.75) is 19.6 Å². The summed E-state index contributed by atoms with van der Waals surface area (Å²) in [7, 11) is 0. The van der Waals surface area contributed by atoms with Crippen LogP contribution in [0.5, 0.6) is 5.75 Å². The molecule has 0 aliphatic rings. The van der Waals surface area contributed by atoms with Gasteiger partial charge in [0.05, 0.1) is 0 Å². The first-order valence-electron chi connectivity index (χ1n) is 7.01. The van der Waals surface area contributed by atoms with E-state index >= 15 is 0 Å². The number of aryl methyl sites for hydroxylation is 1. The third-order valence-electron chi connectivity index (χ3n) is 3.07. The fraction of sp³-hybridized carbons (Fsp3) is 0.267. The van der Waals surface area contributed by atoms with Gasteiger partial charge in [0.25, 0.3) is 0 Å². The third kappa shape index (κ3) is 5.23. The van der Waals surface area contributed by atoms with Gasteiger partial charge in [0.2, 0.25) is 5.91 Å². The third-order valence-corrected chi connectivity index (χ3v) is 3.07. The summed E-state index contributed by atoms with van der Waals surface area (Å²) in [5.74, 6) is -1.36. The number of halogens is 3. The lowest BCUT2D eigenvalue weighted by molar-refractivity contribution is -0.142. The molecule has 0 bridgehead atoms. The summed E-state index contributed by atoms with van der Waals surface area (Å²) in [5, 5.41) is 14.4. The van der Waals surface area contributed by atoms with Crippen molar-refractivity contribution in [3.8, 4) is 5.75 Å². The average molecular weight is 357 g/mol. The van der Waals surface area contributed by atoms with E-state index in [0.29, 0.717) is 17.0 Å². The first-order chi connectivity index (χ1) is 11.6. The number of carboxylic acids is 1. The molecule has 0 saturated heterocycles. The molecule has 0 atom stereocenters. The molecule has 2 aromatic rings. The number of anilines is 1. The van der Waals surface area contributed by atoms with Crippen LogP contribution in [0.25, 0.3) is 0 Å². The molecule has 0 aliphatic carbocycles. The van der Waals surface area contributed by atoms with Crippen LogP contribution in [0.4, 0.5) is 18.9 Å². The Hall–Kier alpha value is -3.04. The summed E-state index contributed by atoms with van der Waals surface area (Å²) in [6.45, 7) is 0.789. The summed E-state index contributed by atoms with van der Waals surface area (Å²) < 4.78 is 43.3. The highest BCUT2D eigenvalue weighted by Crippen LogP contribution is 2.27. The van der Waals surface area contributed by atoms with Crippen molar-refractivity contribution in [3.05, 3.63) is 41.7 Å². The summed E-state index contributed by atoms with van der Waals surface area (Å²) in [6, 6.07) is 5.30. The van der Waals surface area contributed by atoms with Crippen LogP contribution >= 0.6 is 0 Å². The van der Waals surface area contributed by atoms with Crippen molar-refractivity contribution in [3.63, 3.8) is 0 Å². The molecule has 1 amide bonds. The van der Waals surface area contributed by atoms with Gasteiger partial charge in [-0.15, -0.1) is 0 Å². The van der Waals surface area contributed by atoms with E-state index in [-0.39, 0.29) is 6.54 Å². The SMILES string of the molecule is Cc1cc(OCC(=O)O)ccc1NC(=O)Cn1ccc(C(F)(F)F)n1. The number of carbonyl (C=O) groups excluding carboxylic acids is 1. The summed E-state index contributed by atoms with van der Waals surface area (Å²) >= 11 is 0. The second kappa shape index (κ2) is 7.24. The van der Waals surface area contributed by atoms with Gasteiger partial charge in [-0.2, -0.15) is 18.3 Å².